The van der Waals surface area contributed by atoms with Gasteiger partial charge < -0.3 is 10.2 Å². The normalized spacial score (nSPS) is 22.4. The van der Waals surface area contributed by atoms with Gasteiger partial charge in [0.25, 0.3) is 0 Å². The van der Waals surface area contributed by atoms with Crippen LogP contribution in [0.3, 0.4) is 0 Å². The zero-order chi connectivity index (χ0) is 10.4. The Hall–Kier alpha value is -0.220. The van der Waals surface area contributed by atoms with E-state index < -0.39 is 0 Å². The lowest BCUT2D eigenvalue weighted by atomic mass is 10.3. The topological polar surface area (TPSA) is 32.3 Å². The van der Waals surface area contributed by atoms with Crippen LogP contribution >= 0.6 is 11.8 Å². The second-order valence-electron chi connectivity index (χ2n) is 3.70. The number of hydrogen-bond donors (Lipinski definition) is 1. The SMILES string of the molecule is CCCNCC(=O)N1CCSC(C)C1. The van der Waals surface area contributed by atoms with Crippen LogP contribution < -0.4 is 5.32 Å². The van der Waals surface area contributed by atoms with Crippen molar-refractivity contribution in [2.45, 2.75) is 25.5 Å². The predicted octanol–water partition coefficient (Wildman–Crippen LogP) is 0.950. The summed E-state index contributed by atoms with van der Waals surface area (Å²) in [5.74, 6) is 1.34. The van der Waals surface area contributed by atoms with Gasteiger partial charge in [-0.05, 0) is 13.0 Å². The molecule has 0 aromatic carbocycles. The van der Waals surface area contributed by atoms with Crippen LogP contribution in [0, 0.1) is 0 Å². The first kappa shape index (κ1) is 11.9. The molecule has 0 radical (unpaired) electrons. The summed E-state index contributed by atoms with van der Waals surface area (Å²) in [6, 6.07) is 0. The van der Waals surface area contributed by atoms with Gasteiger partial charge in [-0.15, -0.1) is 0 Å². The summed E-state index contributed by atoms with van der Waals surface area (Å²) in [4.78, 5) is 13.6. The van der Waals surface area contributed by atoms with Gasteiger partial charge in [-0.25, -0.2) is 0 Å². The molecule has 1 amide bonds. The van der Waals surface area contributed by atoms with Gasteiger partial charge in [0.15, 0.2) is 0 Å². The third-order valence-corrected chi connectivity index (χ3v) is 3.43. The monoisotopic (exact) mass is 216 g/mol. The van der Waals surface area contributed by atoms with Gasteiger partial charge in [0, 0.05) is 24.1 Å². The van der Waals surface area contributed by atoms with Crippen LogP contribution in [0.1, 0.15) is 20.3 Å². The molecule has 0 aromatic heterocycles. The summed E-state index contributed by atoms with van der Waals surface area (Å²) >= 11 is 1.95. The number of carbonyl (C=O) groups is 1. The van der Waals surface area contributed by atoms with E-state index in [-0.39, 0.29) is 5.91 Å². The summed E-state index contributed by atoms with van der Waals surface area (Å²) in [7, 11) is 0. The highest BCUT2D eigenvalue weighted by Crippen LogP contribution is 2.17. The van der Waals surface area contributed by atoms with E-state index in [0.29, 0.717) is 11.8 Å². The van der Waals surface area contributed by atoms with Crippen molar-refractivity contribution in [1.29, 1.82) is 0 Å². The Kier molecular flexibility index (Phi) is 5.33. The van der Waals surface area contributed by atoms with Gasteiger partial charge in [0.2, 0.25) is 5.91 Å². The molecule has 1 atom stereocenters. The number of thioether (sulfide) groups is 1. The lowest BCUT2D eigenvalue weighted by Gasteiger charge is -2.30. The van der Waals surface area contributed by atoms with E-state index in [1.54, 1.807) is 0 Å². The molecule has 0 aromatic rings. The third kappa shape index (κ3) is 3.88. The first-order valence-electron chi connectivity index (χ1n) is 5.34. The third-order valence-electron chi connectivity index (χ3n) is 2.30. The smallest absolute Gasteiger partial charge is 0.236 e. The van der Waals surface area contributed by atoms with Crippen LogP contribution in [0.4, 0.5) is 0 Å². The van der Waals surface area contributed by atoms with Crippen molar-refractivity contribution < 1.29 is 4.79 Å². The number of hydrogen-bond acceptors (Lipinski definition) is 3. The summed E-state index contributed by atoms with van der Waals surface area (Å²) in [6.07, 6.45) is 1.08. The highest BCUT2D eigenvalue weighted by atomic mass is 32.2. The van der Waals surface area contributed by atoms with Crippen LogP contribution in [0.25, 0.3) is 0 Å². The number of nitrogens with zero attached hydrogens (tertiary/aromatic N) is 1. The fourth-order valence-electron chi connectivity index (χ4n) is 1.53. The number of carbonyl (C=O) groups excluding carboxylic acids is 1. The average Bonchev–Trinajstić information content (AvgIpc) is 2.18. The molecule has 14 heavy (non-hydrogen) atoms. The van der Waals surface area contributed by atoms with Crippen molar-refractivity contribution in [1.82, 2.24) is 10.2 Å². The number of nitrogens with one attached hydrogen (secondary N) is 1. The Morgan fingerprint density at radius 3 is 3.07 bits per heavy atom. The fraction of sp³-hybridized carbons (Fsp3) is 0.900. The summed E-state index contributed by atoms with van der Waals surface area (Å²) < 4.78 is 0. The van der Waals surface area contributed by atoms with Crippen LogP contribution in [-0.2, 0) is 4.79 Å². The molecule has 1 rings (SSSR count). The van der Waals surface area contributed by atoms with Gasteiger partial charge in [0.05, 0.1) is 6.54 Å². The quantitative estimate of drug-likeness (QED) is 0.710. The van der Waals surface area contributed by atoms with Crippen molar-refractivity contribution in [2.24, 2.45) is 0 Å². The molecule has 0 aliphatic carbocycles. The van der Waals surface area contributed by atoms with Gasteiger partial charge in [0.1, 0.15) is 0 Å². The van der Waals surface area contributed by atoms with Crippen molar-refractivity contribution in [3.63, 3.8) is 0 Å². The number of amides is 1. The van der Waals surface area contributed by atoms with Crippen molar-refractivity contribution in [2.75, 3.05) is 31.9 Å². The zero-order valence-electron chi connectivity index (χ0n) is 9.08. The van der Waals surface area contributed by atoms with Gasteiger partial charge in [-0.1, -0.05) is 13.8 Å². The molecule has 1 unspecified atom stereocenters. The van der Waals surface area contributed by atoms with Crippen LogP contribution in [0.5, 0.6) is 0 Å². The summed E-state index contributed by atoms with van der Waals surface area (Å²) in [6.45, 7) is 7.56. The van der Waals surface area contributed by atoms with Gasteiger partial charge >= 0.3 is 0 Å². The Labute approximate surface area is 90.6 Å². The lowest BCUT2D eigenvalue weighted by Crippen LogP contribution is -2.45. The van der Waals surface area contributed by atoms with Crippen LogP contribution in [0.2, 0.25) is 0 Å². The molecular formula is C10H20N2OS. The minimum Gasteiger partial charge on any atom is -0.340 e. The molecule has 1 aliphatic rings. The maximum absolute atomic E-state index is 11.7. The molecule has 0 saturated carbocycles. The molecule has 1 heterocycles. The van der Waals surface area contributed by atoms with E-state index in [2.05, 4.69) is 19.2 Å². The van der Waals surface area contributed by atoms with E-state index in [4.69, 9.17) is 0 Å². The van der Waals surface area contributed by atoms with Crippen molar-refractivity contribution in [3.8, 4) is 0 Å². The van der Waals surface area contributed by atoms with Crippen LogP contribution in [-0.4, -0.2) is 48.0 Å². The first-order chi connectivity index (χ1) is 6.74. The Bertz CT molecular complexity index is 187. The zero-order valence-corrected chi connectivity index (χ0v) is 9.90. The standard InChI is InChI=1S/C10H20N2OS/c1-3-4-11-7-10(13)12-5-6-14-9(2)8-12/h9,11H,3-8H2,1-2H3. The van der Waals surface area contributed by atoms with Crippen molar-refractivity contribution in [3.05, 3.63) is 0 Å². The van der Waals surface area contributed by atoms with Gasteiger partial charge in [-0.2, -0.15) is 11.8 Å². The molecule has 1 N–H and O–H groups in total. The minimum absolute atomic E-state index is 0.255. The van der Waals surface area contributed by atoms with Crippen LogP contribution in [0.15, 0.2) is 0 Å². The van der Waals surface area contributed by atoms with E-state index in [9.17, 15) is 4.79 Å². The summed E-state index contributed by atoms with van der Waals surface area (Å²) in [5.41, 5.74) is 0. The molecule has 1 saturated heterocycles. The Morgan fingerprint density at radius 1 is 1.64 bits per heavy atom. The molecule has 4 heteroatoms. The molecule has 0 bridgehead atoms. The largest absolute Gasteiger partial charge is 0.340 e. The lowest BCUT2D eigenvalue weighted by molar-refractivity contribution is -0.130. The summed E-state index contributed by atoms with van der Waals surface area (Å²) in [5, 5.41) is 3.75. The number of rotatable bonds is 4. The molecule has 0 spiro atoms. The average molecular weight is 216 g/mol. The van der Waals surface area contributed by atoms with E-state index in [1.165, 1.54) is 0 Å². The maximum atomic E-state index is 11.7. The molecule has 3 nitrogen and oxygen atoms in total. The predicted molar refractivity (Wildman–Crippen MR) is 61.7 cm³/mol. The highest BCUT2D eigenvalue weighted by Gasteiger charge is 2.20. The second-order valence-corrected chi connectivity index (χ2v) is 5.24. The van der Waals surface area contributed by atoms with E-state index in [1.807, 2.05) is 16.7 Å². The van der Waals surface area contributed by atoms with E-state index in [0.717, 1.165) is 31.8 Å². The fourth-order valence-corrected chi connectivity index (χ4v) is 2.54. The Morgan fingerprint density at radius 2 is 2.43 bits per heavy atom. The minimum atomic E-state index is 0.255. The molecule has 82 valence electrons. The van der Waals surface area contributed by atoms with E-state index >= 15 is 0 Å². The first-order valence-corrected chi connectivity index (χ1v) is 6.39. The van der Waals surface area contributed by atoms with Crippen molar-refractivity contribution >= 4 is 17.7 Å². The molecule has 1 fully saturated rings. The molecule has 1 aliphatic heterocycles. The molecular weight excluding hydrogens is 196 g/mol. The maximum Gasteiger partial charge on any atom is 0.236 e. The van der Waals surface area contributed by atoms with Gasteiger partial charge in [-0.3, -0.25) is 4.79 Å². The highest BCUT2D eigenvalue weighted by molar-refractivity contribution is 7.99. The Balaban J connectivity index is 2.22. The second kappa shape index (κ2) is 6.30.